The number of anilines is 1. The third-order valence-electron chi connectivity index (χ3n) is 3.79. The highest BCUT2D eigenvalue weighted by Crippen LogP contribution is 2.34. The summed E-state index contributed by atoms with van der Waals surface area (Å²) in [5, 5.41) is 0. The van der Waals surface area contributed by atoms with Gasteiger partial charge in [-0.15, -0.1) is 0 Å². The van der Waals surface area contributed by atoms with Gasteiger partial charge in [-0.3, -0.25) is 0 Å². The molecule has 0 bridgehead atoms. The molecular weight excluding hydrogens is 226 g/mol. The van der Waals surface area contributed by atoms with E-state index in [2.05, 4.69) is 6.92 Å². The van der Waals surface area contributed by atoms with Crippen molar-refractivity contribution in [1.29, 1.82) is 0 Å². The maximum Gasteiger partial charge on any atom is 0.162 e. The molecule has 1 fully saturated rings. The van der Waals surface area contributed by atoms with Crippen LogP contribution in [0.1, 0.15) is 39.0 Å². The molecule has 0 aliphatic heterocycles. The second-order valence-electron chi connectivity index (χ2n) is 5.09. The van der Waals surface area contributed by atoms with Gasteiger partial charge in [-0.1, -0.05) is 19.8 Å². The normalized spacial score (nSPS) is 23.7. The smallest absolute Gasteiger partial charge is 0.162 e. The predicted octanol–water partition coefficient (Wildman–Crippen LogP) is 3.63. The van der Waals surface area contributed by atoms with E-state index >= 15 is 0 Å². The van der Waals surface area contributed by atoms with Crippen molar-refractivity contribution in [1.82, 2.24) is 0 Å². The van der Waals surface area contributed by atoms with Crippen LogP contribution in [0.25, 0.3) is 0 Å². The minimum absolute atomic E-state index is 0.321. The van der Waals surface area contributed by atoms with Crippen molar-refractivity contribution >= 4 is 5.69 Å². The summed E-state index contributed by atoms with van der Waals surface area (Å²) in [6, 6.07) is 5.58. The Balaban J connectivity index is 2.04. The second kappa shape index (κ2) is 5.98. The topological polar surface area (TPSA) is 44.5 Å². The molecule has 0 spiro atoms. The van der Waals surface area contributed by atoms with Gasteiger partial charge < -0.3 is 15.2 Å². The predicted molar refractivity (Wildman–Crippen MR) is 74.1 cm³/mol. The van der Waals surface area contributed by atoms with E-state index in [1.807, 2.05) is 18.2 Å². The number of benzene rings is 1. The Labute approximate surface area is 109 Å². The standard InChI is InChI=1S/C15H23NO2/c1-3-11-5-4-6-13(9-11)18-14-8-7-12(16)10-15(14)17-2/h7-8,10-11,13H,3-6,9,16H2,1-2H3. The zero-order chi connectivity index (χ0) is 13.0. The van der Waals surface area contributed by atoms with Crippen LogP contribution in [0.5, 0.6) is 11.5 Å². The fourth-order valence-corrected chi connectivity index (χ4v) is 2.68. The Bertz CT molecular complexity index is 392. The van der Waals surface area contributed by atoms with Crippen LogP contribution in [0.2, 0.25) is 0 Å². The molecule has 0 aromatic heterocycles. The number of nitrogen functional groups attached to an aromatic ring is 1. The van der Waals surface area contributed by atoms with Crippen molar-refractivity contribution < 1.29 is 9.47 Å². The first kappa shape index (κ1) is 13.1. The van der Waals surface area contributed by atoms with Crippen LogP contribution in [0.4, 0.5) is 5.69 Å². The summed E-state index contributed by atoms with van der Waals surface area (Å²) in [7, 11) is 1.65. The van der Waals surface area contributed by atoms with Crippen LogP contribution >= 0.6 is 0 Å². The number of rotatable bonds is 4. The van der Waals surface area contributed by atoms with E-state index in [0.717, 1.165) is 30.3 Å². The highest BCUT2D eigenvalue weighted by atomic mass is 16.5. The first-order valence-electron chi connectivity index (χ1n) is 6.83. The number of methoxy groups -OCH3 is 1. The SMILES string of the molecule is CCC1CCCC(Oc2ccc(N)cc2OC)C1. The molecule has 100 valence electrons. The monoisotopic (exact) mass is 249 g/mol. The van der Waals surface area contributed by atoms with Gasteiger partial charge in [-0.05, 0) is 37.3 Å². The van der Waals surface area contributed by atoms with Crippen LogP contribution < -0.4 is 15.2 Å². The molecular formula is C15H23NO2. The van der Waals surface area contributed by atoms with E-state index in [4.69, 9.17) is 15.2 Å². The van der Waals surface area contributed by atoms with E-state index < -0.39 is 0 Å². The molecule has 1 aromatic carbocycles. The van der Waals surface area contributed by atoms with E-state index in [-0.39, 0.29) is 0 Å². The Morgan fingerprint density at radius 3 is 2.83 bits per heavy atom. The lowest BCUT2D eigenvalue weighted by Crippen LogP contribution is -2.25. The summed E-state index contributed by atoms with van der Waals surface area (Å²) in [4.78, 5) is 0. The molecule has 2 atom stereocenters. The average Bonchev–Trinajstić information content (AvgIpc) is 2.41. The summed E-state index contributed by atoms with van der Waals surface area (Å²) < 4.78 is 11.4. The summed E-state index contributed by atoms with van der Waals surface area (Å²) in [6.07, 6.45) is 6.48. The highest BCUT2D eigenvalue weighted by molar-refractivity contribution is 5.52. The average molecular weight is 249 g/mol. The van der Waals surface area contributed by atoms with Crippen molar-refractivity contribution in [3.8, 4) is 11.5 Å². The van der Waals surface area contributed by atoms with E-state index in [0.29, 0.717) is 11.8 Å². The summed E-state index contributed by atoms with van der Waals surface area (Å²) in [5.74, 6) is 2.35. The molecule has 2 unspecified atom stereocenters. The van der Waals surface area contributed by atoms with Crippen LogP contribution in [-0.2, 0) is 0 Å². The summed E-state index contributed by atoms with van der Waals surface area (Å²) in [6.45, 7) is 2.26. The molecule has 2 N–H and O–H groups in total. The Kier molecular flexibility index (Phi) is 4.34. The first-order chi connectivity index (χ1) is 8.72. The Morgan fingerprint density at radius 2 is 2.11 bits per heavy atom. The van der Waals surface area contributed by atoms with Gasteiger partial charge in [0, 0.05) is 11.8 Å². The molecule has 1 aliphatic carbocycles. The van der Waals surface area contributed by atoms with Crippen LogP contribution in [0.15, 0.2) is 18.2 Å². The fourth-order valence-electron chi connectivity index (χ4n) is 2.68. The van der Waals surface area contributed by atoms with Crippen LogP contribution in [-0.4, -0.2) is 13.2 Å². The lowest BCUT2D eigenvalue weighted by Gasteiger charge is -2.29. The molecule has 3 heteroatoms. The van der Waals surface area contributed by atoms with Gasteiger partial charge in [-0.25, -0.2) is 0 Å². The zero-order valence-corrected chi connectivity index (χ0v) is 11.3. The maximum atomic E-state index is 6.08. The first-order valence-corrected chi connectivity index (χ1v) is 6.83. The molecule has 18 heavy (non-hydrogen) atoms. The zero-order valence-electron chi connectivity index (χ0n) is 11.3. The second-order valence-corrected chi connectivity index (χ2v) is 5.09. The van der Waals surface area contributed by atoms with Crippen molar-refractivity contribution in [3.05, 3.63) is 18.2 Å². The van der Waals surface area contributed by atoms with Gasteiger partial charge in [0.2, 0.25) is 0 Å². The quantitative estimate of drug-likeness (QED) is 0.829. The largest absolute Gasteiger partial charge is 0.493 e. The maximum absolute atomic E-state index is 6.08. The Morgan fingerprint density at radius 1 is 1.28 bits per heavy atom. The molecule has 0 saturated heterocycles. The molecule has 0 radical (unpaired) electrons. The molecule has 1 aromatic rings. The minimum atomic E-state index is 0.321. The number of ether oxygens (including phenoxy) is 2. The van der Waals surface area contributed by atoms with E-state index in [1.165, 1.54) is 19.3 Å². The van der Waals surface area contributed by atoms with E-state index in [9.17, 15) is 0 Å². The summed E-state index contributed by atoms with van der Waals surface area (Å²) in [5.41, 5.74) is 6.45. The number of nitrogens with two attached hydrogens (primary N) is 1. The molecule has 1 aliphatic rings. The molecule has 1 saturated carbocycles. The highest BCUT2D eigenvalue weighted by Gasteiger charge is 2.23. The van der Waals surface area contributed by atoms with Crippen molar-refractivity contribution in [2.24, 2.45) is 5.92 Å². The molecule has 2 rings (SSSR count). The molecule has 0 amide bonds. The van der Waals surface area contributed by atoms with Crippen molar-refractivity contribution in [3.63, 3.8) is 0 Å². The third kappa shape index (κ3) is 3.09. The number of hydrogen-bond donors (Lipinski definition) is 1. The fraction of sp³-hybridized carbons (Fsp3) is 0.600. The third-order valence-corrected chi connectivity index (χ3v) is 3.79. The minimum Gasteiger partial charge on any atom is -0.493 e. The lowest BCUT2D eigenvalue weighted by molar-refractivity contribution is 0.118. The lowest BCUT2D eigenvalue weighted by atomic mass is 9.85. The number of hydrogen-bond acceptors (Lipinski definition) is 3. The van der Waals surface area contributed by atoms with Gasteiger partial charge in [0.1, 0.15) is 0 Å². The van der Waals surface area contributed by atoms with Crippen LogP contribution in [0.3, 0.4) is 0 Å². The van der Waals surface area contributed by atoms with Gasteiger partial charge in [0.25, 0.3) is 0 Å². The van der Waals surface area contributed by atoms with Gasteiger partial charge in [-0.2, -0.15) is 0 Å². The molecule has 3 nitrogen and oxygen atoms in total. The van der Waals surface area contributed by atoms with Crippen molar-refractivity contribution in [2.75, 3.05) is 12.8 Å². The summed E-state index contributed by atoms with van der Waals surface area (Å²) >= 11 is 0. The van der Waals surface area contributed by atoms with Gasteiger partial charge in [0.15, 0.2) is 11.5 Å². The van der Waals surface area contributed by atoms with Crippen LogP contribution in [0, 0.1) is 5.92 Å². The molecule has 0 heterocycles. The van der Waals surface area contributed by atoms with Gasteiger partial charge in [0.05, 0.1) is 13.2 Å². The van der Waals surface area contributed by atoms with Crippen molar-refractivity contribution in [2.45, 2.75) is 45.1 Å². The Hall–Kier alpha value is -1.38. The van der Waals surface area contributed by atoms with Gasteiger partial charge >= 0.3 is 0 Å². The van der Waals surface area contributed by atoms with E-state index in [1.54, 1.807) is 7.11 Å².